The third-order valence-electron chi connectivity index (χ3n) is 4.15. The molecule has 0 aromatic heterocycles. The summed E-state index contributed by atoms with van der Waals surface area (Å²) in [5.41, 5.74) is 0.973. The van der Waals surface area contributed by atoms with Gasteiger partial charge in [0, 0.05) is 39.2 Å². The minimum atomic E-state index is -0.181. The van der Waals surface area contributed by atoms with Gasteiger partial charge < -0.3 is 14.8 Å². The van der Waals surface area contributed by atoms with Crippen molar-refractivity contribution in [2.24, 2.45) is 0 Å². The van der Waals surface area contributed by atoms with Crippen molar-refractivity contribution < 1.29 is 9.47 Å². The first-order chi connectivity index (χ1) is 9.61. The fourth-order valence-corrected chi connectivity index (χ4v) is 3.19. The van der Waals surface area contributed by atoms with E-state index >= 15 is 0 Å². The molecule has 1 fully saturated rings. The summed E-state index contributed by atoms with van der Waals surface area (Å²) < 4.78 is 11.3. The van der Waals surface area contributed by atoms with Crippen molar-refractivity contribution >= 4 is 23.2 Å². The molecule has 20 heavy (non-hydrogen) atoms. The average molecular weight is 318 g/mol. The molecule has 0 bridgehead atoms. The highest BCUT2D eigenvalue weighted by atomic mass is 35.5. The average Bonchev–Trinajstić information content (AvgIpc) is 2.49. The lowest BCUT2D eigenvalue weighted by atomic mass is 9.82. The van der Waals surface area contributed by atoms with Crippen LogP contribution in [0.3, 0.4) is 0 Å². The van der Waals surface area contributed by atoms with Crippen LogP contribution < -0.4 is 5.32 Å². The molecule has 0 aliphatic carbocycles. The van der Waals surface area contributed by atoms with Crippen LogP contribution in [-0.2, 0) is 15.9 Å². The summed E-state index contributed by atoms with van der Waals surface area (Å²) in [5.74, 6) is 0. The summed E-state index contributed by atoms with van der Waals surface area (Å²) >= 11 is 12.1. The molecule has 1 aliphatic rings. The Morgan fingerprint density at radius 3 is 2.55 bits per heavy atom. The zero-order chi connectivity index (χ0) is 14.6. The molecule has 1 atom stereocenters. The largest absolute Gasteiger partial charge is 0.381 e. The van der Waals surface area contributed by atoms with Gasteiger partial charge in [-0.05, 0) is 31.2 Å². The molecule has 0 amide bonds. The molecule has 3 nitrogen and oxygen atoms in total. The summed E-state index contributed by atoms with van der Waals surface area (Å²) in [6.45, 7) is 1.49. The maximum absolute atomic E-state index is 6.09. The van der Waals surface area contributed by atoms with Crippen LogP contribution in [0.5, 0.6) is 0 Å². The summed E-state index contributed by atoms with van der Waals surface area (Å²) in [7, 11) is 3.75. The monoisotopic (exact) mass is 317 g/mol. The van der Waals surface area contributed by atoms with E-state index in [2.05, 4.69) is 5.32 Å². The van der Waals surface area contributed by atoms with E-state index < -0.39 is 0 Å². The molecule has 1 aromatic carbocycles. The van der Waals surface area contributed by atoms with Crippen molar-refractivity contribution in [2.45, 2.75) is 30.9 Å². The number of nitrogens with one attached hydrogen (secondary N) is 1. The number of benzene rings is 1. The van der Waals surface area contributed by atoms with Crippen LogP contribution in [0.25, 0.3) is 0 Å². The molecule has 1 N–H and O–H groups in total. The first-order valence-electron chi connectivity index (χ1n) is 6.85. The Kier molecular flexibility index (Phi) is 5.70. The lowest BCUT2D eigenvalue weighted by Crippen LogP contribution is -2.55. The quantitative estimate of drug-likeness (QED) is 0.903. The van der Waals surface area contributed by atoms with Crippen molar-refractivity contribution in [3.63, 3.8) is 0 Å². The second-order valence-electron chi connectivity index (χ2n) is 5.18. The van der Waals surface area contributed by atoms with Crippen LogP contribution in [0, 0.1) is 0 Å². The molecular formula is C15H21Cl2NO2. The first-order valence-corrected chi connectivity index (χ1v) is 7.61. The van der Waals surface area contributed by atoms with E-state index in [0.29, 0.717) is 10.0 Å². The Balaban J connectivity index is 2.16. The lowest BCUT2D eigenvalue weighted by Gasteiger charge is -2.42. The molecule has 1 aliphatic heterocycles. The van der Waals surface area contributed by atoms with E-state index in [4.69, 9.17) is 32.7 Å². The number of hydrogen-bond acceptors (Lipinski definition) is 3. The maximum atomic E-state index is 6.09. The second-order valence-corrected chi connectivity index (χ2v) is 5.99. The fraction of sp³-hybridized carbons (Fsp3) is 0.600. The molecule has 2 rings (SSSR count). The third-order valence-corrected chi connectivity index (χ3v) is 4.89. The smallest absolute Gasteiger partial charge is 0.0877 e. The normalized spacial score (nSPS) is 19.8. The highest BCUT2D eigenvalue weighted by molar-refractivity contribution is 6.42. The van der Waals surface area contributed by atoms with Gasteiger partial charge in [0.2, 0.25) is 0 Å². The third kappa shape index (κ3) is 3.46. The Morgan fingerprint density at radius 2 is 2.00 bits per heavy atom. The van der Waals surface area contributed by atoms with E-state index in [9.17, 15) is 0 Å². The number of rotatable bonds is 5. The molecule has 1 unspecified atom stereocenters. The number of halogens is 2. The van der Waals surface area contributed by atoms with E-state index in [1.807, 2.05) is 25.2 Å². The topological polar surface area (TPSA) is 30.5 Å². The molecule has 1 heterocycles. The number of likely N-dealkylation sites (N-methyl/N-ethyl adjacent to an activating group) is 1. The van der Waals surface area contributed by atoms with Gasteiger partial charge in [-0.3, -0.25) is 0 Å². The minimum Gasteiger partial charge on any atom is -0.381 e. The highest BCUT2D eigenvalue weighted by Crippen LogP contribution is 2.31. The number of ether oxygens (including phenoxy) is 2. The SMILES string of the molecule is CNC(Cc1ccc(Cl)c(Cl)c1)C1(OC)CCOCC1. The van der Waals surface area contributed by atoms with E-state index in [-0.39, 0.29) is 11.6 Å². The minimum absolute atomic E-state index is 0.181. The summed E-state index contributed by atoms with van der Waals surface area (Å²) in [6.07, 6.45) is 2.65. The van der Waals surface area contributed by atoms with Gasteiger partial charge in [-0.15, -0.1) is 0 Å². The van der Waals surface area contributed by atoms with Gasteiger partial charge in [0.25, 0.3) is 0 Å². The first kappa shape index (κ1) is 16.1. The predicted molar refractivity (Wildman–Crippen MR) is 82.8 cm³/mol. The summed E-state index contributed by atoms with van der Waals surface area (Å²) in [4.78, 5) is 0. The lowest BCUT2D eigenvalue weighted by molar-refractivity contribution is -0.109. The molecule has 0 radical (unpaired) electrons. The van der Waals surface area contributed by atoms with E-state index in [1.54, 1.807) is 7.11 Å². The molecule has 5 heteroatoms. The molecule has 112 valence electrons. The van der Waals surface area contributed by atoms with Gasteiger partial charge in [0.15, 0.2) is 0 Å². The molecular weight excluding hydrogens is 297 g/mol. The van der Waals surface area contributed by atoms with E-state index in [1.165, 1.54) is 0 Å². The van der Waals surface area contributed by atoms with Crippen molar-refractivity contribution in [1.29, 1.82) is 0 Å². The molecule has 1 saturated heterocycles. The van der Waals surface area contributed by atoms with Gasteiger partial charge in [0.1, 0.15) is 0 Å². The van der Waals surface area contributed by atoms with Gasteiger partial charge >= 0.3 is 0 Å². The zero-order valence-corrected chi connectivity index (χ0v) is 13.4. The van der Waals surface area contributed by atoms with Crippen LogP contribution >= 0.6 is 23.2 Å². The Morgan fingerprint density at radius 1 is 1.30 bits per heavy atom. The molecule has 1 aromatic rings. The van der Waals surface area contributed by atoms with Gasteiger partial charge in [-0.25, -0.2) is 0 Å². The summed E-state index contributed by atoms with van der Waals surface area (Å²) in [6, 6.07) is 6.00. The van der Waals surface area contributed by atoms with Crippen molar-refractivity contribution in [1.82, 2.24) is 5.32 Å². The second kappa shape index (κ2) is 7.10. The van der Waals surface area contributed by atoms with Crippen LogP contribution in [-0.4, -0.2) is 39.0 Å². The Hall–Kier alpha value is -0.320. The number of hydrogen-bond donors (Lipinski definition) is 1. The van der Waals surface area contributed by atoms with Crippen LogP contribution in [0.15, 0.2) is 18.2 Å². The zero-order valence-electron chi connectivity index (χ0n) is 11.9. The standard InChI is InChI=1S/C15H21Cl2NO2/c1-18-14(15(19-2)5-7-20-8-6-15)10-11-3-4-12(16)13(17)9-11/h3-4,9,14,18H,5-8,10H2,1-2H3. The van der Waals surface area contributed by atoms with Gasteiger partial charge in [-0.1, -0.05) is 29.3 Å². The van der Waals surface area contributed by atoms with Crippen LogP contribution in [0.4, 0.5) is 0 Å². The van der Waals surface area contributed by atoms with Crippen LogP contribution in [0.2, 0.25) is 10.0 Å². The van der Waals surface area contributed by atoms with Crippen molar-refractivity contribution in [3.8, 4) is 0 Å². The van der Waals surface area contributed by atoms with Crippen molar-refractivity contribution in [2.75, 3.05) is 27.4 Å². The predicted octanol–water partition coefficient (Wildman–Crippen LogP) is 3.32. The maximum Gasteiger partial charge on any atom is 0.0877 e. The summed E-state index contributed by atoms with van der Waals surface area (Å²) in [5, 5.41) is 4.57. The Bertz CT molecular complexity index is 447. The highest BCUT2D eigenvalue weighted by Gasteiger charge is 2.39. The Labute approximate surface area is 130 Å². The van der Waals surface area contributed by atoms with Crippen LogP contribution in [0.1, 0.15) is 18.4 Å². The fourth-order valence-electron chi connectivity index (χ4n) is 2.87. The van der Waals surface area contributed by atoms with E-state index in [0.717, 1.165) is 38.0 Å². The number of methoxy groups -OCH3 is 1. The van der Waals surface area contributed by atoms with Gasteiger partial charge in [-0.2, -0.15) is 0 Å². The molecule has 0 spiro atoms. The van der Waals surface area contributed by atoms with Crippen molar-refractivity contribution in [3.05, 3.63) is 33.8 Å². The van der Waals surface area contributed by atoms with Gasteiger partial charge in [0.05, 0.1) is 15.6 Å². The molecule has 0 saturated carbocycles.